The zero-order chi connectivity index (χ0) is 20.2. The van der Waals surface area contributed by atoms with Crippen molar-refractivity contribution in [3.63, 3.8) is 0 Å². The maximum atomic E-state index is 12.9. The summed E-state index contributed by atoms with van der Waals surface area (Å²) in [5, 5.41) is 3.08. The highest BCUT2D eigenvalue weighted by atomic mass is 16.5. The summed E-state index contributed by atoms with van der Waals surface area (Å²) in [4.78, 5) is 24.4. The number of nitrogens with one attached hydrogen (secondary N) is 1. The molecule has 29 heavy (non-hydrogen) atoms. The van der Waals surface area contributed by atoms with Gasteiger partial charge in [0, 0.05) is 18.8 Å². The molecule has 0 radical (unpaired) electrons. The second kappa shape index (κ2) is 8.47. The fraction of sp³-hybridized carbons (Fsp3) is 0.348. The van der Waals surface area contributed by atoms with E-state index in [9.17, 15) is 4.79 Å². The Labute approximate surface area is 170 Å². The first-order valence-corrected chi connectivity index (χ1v) is 10.1. The number of para-hydroxylation sites is 2. The molecule has 1 amide bonds. The number of rotatable bonds is 5. The van der Waals surface area contributed by atoms with E-state index in [1.54, 1.807) is 7.11 Å². The summed E-state index contributed by atoms with van der Waals surface area (Å²) >= 11 is 0. The van der Waals surface area contributed by atoms with Crippen molar-refractivity contribution < 1.29 is 9.53 Å². The van der Waals surface area contributed by atoms with Crippen LogP contribution in [-0.4, -0.2) is 36.1 Å². The zero-order valence-electron chi connectivity index (χ0n) is 16.9. The summed E-state index contributed by atoms with van der Waals surface area (Å²) < 4.78 is 5.51. The number of hydrogen-bond acceptors (Lipinski definition) is 5. The molecular weight excluding hydrogens is 364 g/mol. The Morgan fingerprint density at radius 1 is 1.17 bits per heavy atom. The molecular formula is C23H26N4O2. The maximum Gasteiger partial charge on any atom is 0.257 e. The van der Waals surface area contributed by atoms with Gasteiger partial charge in [0.05, 0.1) is 24.1 Å². The number of benzene rings is 2. The van der Waals surface area contributed by atoms with Crippen LogP contribution < -0.4 is 15.0 Å². The van der Waals surface area contributed by atoms with E-state index >= 15 is 0 Å². The SMILES string of the molecule is CCc1cccc(NC(=O)[C@@H]2CCCN(c3nc4ccccc4nc3OC)C2)c1. The average Bonchev–Trinajstić information content (AvgIpc) is 2.78. The van der Waals surface area contributed by atoms with E-state index in [-0.39, 0.29) is 11.8 Å². The Kier molecular flexibility index (Phi) is 5.60. The summed E-state index contributed by atoms with van der Waals surface area (Å²) in [7, 11) is 1.61. The Morgan fingerprint density at radius 3 is 2.72 bits per heavy atom. The molecule has 3 aromatic rings. The van der Waals surface area contributed by atoms with Crippen LogP contribution in [-0.2, 0) is 11.2 Å². The van der Waals surface area contributed by atoms with Gasteiger partial charge in [0.25, 0.3) is 5.88 Å². The van der Waals surface area contributed by atoms with Gasteiger partial charge in [-0.15, -0.1) is 0 Å². The zero-order valence-corrected chi connectivity index (χ0v) is 16.9. The van der Waals surface area contributed by atoms with E-state index in [1.807, 2.05) is 42.5 Å². The van der Waals surface area contributed by atoms with Gasteiger partial charge in [-0.3, -0.25) is 4.79 Å². The molecule has 0 saturated carbocycles. The molecule has 150 valence electrons. The predicted octanol–water partition coefficient (Wildman–Crippen LogP) is 4.06. The minimum Gasteiger partial charge on any atom is -0.478 e. The van der Waals surface area contributed by atoms with E-state index in [0.29, 0.717) is 18.2 Å². The molecule has 6 nitrogen and oxygen atoms in total. The molecule has 1 aliphatic rings. The second-order valence-corrected chi connectivity index (χ2v) is 7.37. The van der Waals surface area contributed by atoms with Crippen molar-refractivity contribution in [1.82, 2.24) is 9.97 Å². The van der Waals surface area contributed by atoms with Gasteiger partial charge >= 0.3 is 0 Å². The van der Waals surface area contributed by atoms with E-state index in [1.165, 1.54) is 5.56 Å². The van der Waals surface area contributed by atoms with Gasteiger partial charge in [-0.05, 0) is 49.1 Å². The average molecular weight is 390 g/mol. The molecule has 6 heteroatoms. The van der Waals surface area contributed by atoms with Gasteiger partial charge < -0.3 is 15.0 Å². The van der Waals surface area contributed by atoms with Crippen LogP contribution in [0, 0.1) is 5.92 Å². The third kappa shape index (κ3) is 4.16. The van der Waals surface area contributed by atoms with Gasteiger partial charge in [-0.1, -0.05) is 31.2 Å². The van der Waals surface area contributed by atoms with Gasteiger partial charge in [0.2, 0.25) is 5.91 Å². The van der Waals surface area contributed by atoms with Gasteiger partial charge in [-0.25, -0.2) is 9.97 Å². The lowest BCUT2D eigenvalue weighted by molar-refractivity contribution is -0.120. The van der Waals surface area contributed by atoms with Crippen molar-refractivity contribution in [3.8, 4) is 5.88 Å². The number of methoxy groups -OCH3 is 1. The molecule has 1 aliphatic heterocycles. The van der Waals surface area contributed by atoms with Crippen LogP contribution in [0.5, 0.6) is 5.88 Å². The largest absolute Gasteiger partial charge is 0.478 e. The van der Waals surface area contributed by atoms with Crippen molar-refractivity contribution in [2.45, 2.75) is 26.2 Å². The first-order chi connectivity index (χ1) is 14.2. The molecule has 4 rings (SSSR count). The van der Waals surface area contributed by atoms with Crippen LogP contribution in [0.15, 0.2) is 48.5 Å². The van der Waals surface area contributed by atoms with E-state index in [0.717, 1.165) is 42.5 Å². The lowest BCUT2D eigenvalue weighted by Gasteiger charge is -2.33. The van der Waals surface area contributed by atoms with Gasteiger partial charge in [0.1, 0.15) is 0 Å². The number of ether oxygens (including phenoxy) is 1. The highest BCUT2D eigenvalue weighted by Gasteiger charge is 2.29. The van der Waals surface area contributed by atoms with Crippen LogP contribution in [0.1, 0.15) is 25.3 Å². The van der Waals surface area contributed by atoms with Gasteiger partial charge in [-0.2, -0.15) is 0 Å². The highest BCUT2D eigenvalue weighted by Crippen LogP contribution is 2.30. The minimum absolute atomic E-state index is 0.0515. The maximum absolute atomic E-state index is 12.9. The molecule has 0 spiro atoms. The standard InChI is InChI=1S/C23H26N4O2/c1-3-16-8-6-10-18(14-16)24-22(28)17-9-7-13-27(15-17)21-23(29-2)26-20-12-5-4-11-19(20)25-21/h4-6,8,10-12,14,17H,3,7,9,13,15H2,1-2H3,(H,24,28)/t17-/m1/s1. The van der Waals surface area contributed by atoms with Crippen molar-refractivity contribution in [2.24, 2.45) is 5.92 Å². The van der Waals surface area contributed by atoms with Crippen molar-refractivity contribution in [1.29, 1.82) is 0 Å². The van der Waals surface area contributed by atoms with E-state index < -0.39 is 0 Å². The van der Waals surface area contributed by atoms with Crippen LogP contribution >= 0.6 is 0 Å². The smallest absolute Gasteiger partial charge is 0.257 e. The summed E-state index contributed by atoms with van der Waals surface area (Å²) in [6.45, 7) is 3.54. The first-order valence-electron chi connectivity index (χ1n) is 10.1. The first kappa shape index (κ1) is 19.2. The number of carbonyl (C=O) groups excluding carboxylic acids is 1. The highest BCUT2D eigenvalue weighted by molar-refractivity contribution is 5.93. The number of fused-ring (bicyclic) bond motifs is 1. The molecule has 1 atom stereocenters. The molecule has 1 N–H and O–H groups in total. The number of aryl methyl sites for hydroxylation is 1. The number of amides is 1. The molecule has 0 unspecified atom stereocenters. The lowest BCUT2D eigenvalue weighted by Crippen LogP contribution is -2.41. The third-order valence-corrected chi connectivity index (χ3v) is 5.41. The van der Waals surface area contributed by atoms with Crippen molar-refractivity contribution in [2.75, 3.05) is 30.4 Å². The molecule has 2 heterocycles. The fourth-order valence-electron chi connectivity index (χ4n) is 3.81. The Bertz CT molecular complexity index is 1020. The predicted molar refractivity (Wildman–Crippen MR) is 115 cm³/mol. The van der Waals surface area contributed by atoms with Crippen molar-refractivity contribution >= 4 is 28.4 Å². The summed E-state index contributed by atoms with van der Waals surface area (Å²) in [5.41, 5.74) is 3.69. The van der Waals surface area contributed by atoms with Crippen LogP contribution in [0.25, 0.3) is 11.0 Å². The van der Waals surface area contributed by atoms with Crippen LogP contribution in [0.3, 0.4) is 0 Å². The number of anilines is 2. The Hall–Kier alpha value is -3.15. The molecule has 1 aromatic heterocycles. The molecule has 0 aliphatic carbocycles. The fourth-order valence-corrected chi connectivity index (χ4v) is 3.81. The molecule has 1 fully saturated rings. The summed E-state index contributed by atoms with van der Waals surface area (Å²) in [5.74, 6) is 1.15. The van der Waals surface area contributed by atoms with Crippen LogP contribution in [0.4, 0.5) is 11.5 Å². The minimum atomic E-state index is -0.105. The van der Waals surface area contributed by atoms with Gasteiger partial charge in [0.15, 0.2) is 5.82 Å². The topological polar surface area (TPSA) is 67.4 Å². The molecule has 2 aromatic carbocycles. The Morgan fingerprint density at radius 2 is 1.97 bits per heavy atom. The molecule has 1 saturated heterocycles. The third-order valence-electron chi connectivity index (χ3n) is 5.41. The van der Waals surface area contributed by atoms with Crippen LogP contribution in [0.2, 0.25) is 0 Å². The van der Waals surface area contributed by atoms with E-state index in [4.69, 9.17) is 9.72 Å². The monoisotopic (exact) mass is 390 g/mol. The number of hydrogen-bond donors (Lipinski definition) is 1. The summed E-state index contributed by atoms with van der Waals surface area (Å²) in [6, 6.07) is 15.8. The quantitative estimate of drug-likeness (QED) is 0.712. The number of nitrogens with zero attached hydrogens (tertiary/aromatic N) is 3. The number of carbonyl (C=O) groups is 1. The number of piperidine rings is 1. The normalized spacial score (nSPS) is 16.6. The van der Waals surface area contributed by atoms with E-state index in [2.05, 4.69) is 28.2 Å². The van der Waals surface area contributed by atoms with Crippen molar-refractivity contribution in [3.05, 3.63) is 54.1 Å². The number of aromatic nitrogens is 2. The molecule has 0 bridgehead atoms. The lowest BCUT2D eigenvalue weighted by atomic mass is 9.97. The second-order valence-electron chi connectivity index (χ2n) is 7.37. The Balaban J connectivity index is 1.53. The summed E-state index contributed by atoms with van der Waals surface area (Å²) in [6.07, 6.45) is 2.73.